The maximum Gasteiger partial charge on any atom is 0.354 e. The van der Waals surface area contributed by atoms with E-state index in [-0.39, 0.29) is 10.7 Å². The first-order chi connectivity index (χ1) is 14.3. The van der Waals surface area contributed by atoms with Gasteiger partial charge in [-0.3, -0.25) is 9.29 Å². The average Bonchev–Trinajstić information content (AvgIpc) is 3.32. The number of fused-ring (bicyclic) bond motifs is 1. The third-order valence-corrected chi connectivity index (χ3v) is 9.20. The topological polar surface area (TPSA) is 90.3 Å². The van der Waals surface area contributed by atoms with E-state index < -0.39 is 15.7 Å². The predicted molar refractivity (Wildman–Crippen MR) is 120 cm³/mol. The van der Waals surface area contributed by atoms with Crippen molar-refractivity contribution in [1.82, 2.24) is 9.55 Å². The number of hydrogen-bond donors (Lipinski definition) is 1. The van der Waals surface area contributed by atoms with Crippen molar-refractivity contribution in [2.45, 2.75) is 36.3 Å². The first-order valence-electron chi connectivity index (χ1n) is 9.59. The number of aromatic nitrogens is 2. The second-order valence-corrected chi connectivity index (χ2v) is 11.6. The van der Waals surface area contributed by atoms with Crippen LogP contribution in [0.15, 0.2) is 38.2 Å². The monoisotopic (exact) mass is 465 g/mol. The Morgan fingerprint density at radius 2 is 2.00 bits per heavy atom. The van der Waals surface area contributed by atoms with E-state index >= 15 is 0 Å². The number of thioether (sulfide) groups is 1. The number of hydrogen-bond acceptors (Lipinski definition) is 7. The van der Waals surface area contributed by atoms with Crippen molar-refractivity contribution in [3.8, 4) is 5.69 Å². The minimum atomic E-state index is -3.87. The van der Waals surface area contributed by atoms with Crippen molar-refractivity contribution in [2.24, 2.45) is 5.92 Å². The lowest BCUT2D eigenvalue weighted by Gasteiger charge is -2.16. The second-order valence-electron chi connectivity index (χ2n) is 7.42. The molecule has 0 saturated carbocycles. The molecule has 1 fully saturated rings. The van der Waals surface area contributed by atoms with Crippen LogP contribution in [0.5, 0.6) is 0 Å². The average molecular weight is 466 g/mol. The number of sulfonamides is 1. The fourth-order valence-corrected chi connectivity index (χ4v) is 6.90. The molecule has 10 heteroatoms. The zero-order valence-corrected chi connectivity index (χ0v) is 19.4. The van der Waals surface area contributed by atoms with E-state index in [1.165, 1.54) is 4.57 Å². The van der Waals surface area contributed by atoms with E-state index in [4.69, 9.17) is 4.74 Å². The van der Waals surface area contributed by atoms with Gasteiger partial charge in [0, 0.05) is 22.9 Å². The molecule has 1 unspecified atom stereocenters. The molecule has 1 saturated heterocycles. The van der Waals surface area contributed by atoms with E-state index in [0.717, 1.165) is 45.7 Å². The van der Waals surface area contributed by atoms with Gasteiger partial charge in [0.15, 0.2) is 5.82 Å². The lowest BCUT2D eigenvalue weighted by molar-refractivity contribution is 0.189. The summed E-state index contributed by atoms with van der Waals surface area (Å²) in [6.45, 7) is 7.20. The maximum absolute atomic E-state index is 12.9. The number of benzene rings is 1. The van der Waals surface area contributed by atoms with Crippen molar-refractivity contribution >= 4 is 38.9 Å². The van der Waals surface area contributed by atoms with Crippen molar-refractivity contribution in [1.29, 1.82) is 0 Å². The number of nitrogens with zero attached hydrogens (tertiary/aromatic N) is 2. The van der Waals surface area contributed by atoms with Crippen LogP contribution in [0, 0.1) is 26.7 Å². The summed E-state index contributed by atoms with van der Waals surface area (Å²) in [5.41, 5.74) is 1.77. The van der Waals surface area contributed by atoms with Crippen LogP contribution in [0.25, 0.3) is 5.69 Å². The van der Waals surface area contributed by atoms with Gasteiger partial charge in [-0.25, -0.2) is 13.2 Å². The van der Waals surface area contributed by atoms with Gasteiger partial charge in [0.05, 0.1) is 15.7 Å². The Morgan fingerprint density at radius 1 is 1.27 bits per heavy atom. The van der Waals surface area contributed by atoms with Crippen LogP contribution in [-0.4, -0.2) is 36.9 Å². The van der Waals surface area contributed by atoms with Crippen LogP contribution in [0.3, 0.4) is 0 Å². The molecule has 1 aromatic rings. The molecule has 3 aliphatic rings. The molecule has 0 spiro atoms. The van der Waals surface area contributed by atoms with Crippen LogP contribution in [-0.2, 0) is 14.8 Å². The van der Waals surface area contributed by atoms with E-state index in [1.54, 1.807) is 47.4 Å². The summed E-state index contributed by atoms with van der Waals surface area (Å²) in [5, 5.41) is 0. The van der Waals surface area contributed by atoms with Crippen LogP contribution >= 0.6 is 23.1 Å². The fourth-order valence-electron chi connectivity index (χ4n) is 3.30. The predicted octanol–water partition coefficient (Wildman–Crippen LogP) is 3.59. The van der Waals surface area contributed by atoms with Gasteiger partial charge in [0.25, 0.3) is 10.0 Å². The van der Waals surface area contributed by atoms with E-state index in [2.05, 4.69) is 9.71 Å². The van der Waals surface area contributed by atoms with Crippen molar-refractivity contribution in [3.05, 3.63) is 50.9 Å². The lowest BCUT2D eigenvalue weighted by Crippen LogP contribution is -2.17. The highest BCUT2D eigenvalue weighted by atomic mass is 32.2. The summed E-state index contributed by atoms with van der Waals surface area (Å²) < 4.78 is 36.2. The Morgan fingerprint density at radius 3 is 2.67 bits per heavy atom. The molecule has 0 aromatic heterocycles. The van der Waals surface area contributed by atoms with Gasteiger partial charge in [0.1, 0.15) is 5.69 Å². The summed E-state index contributed by atoms with van der Waals surface area (Å²) in [4.78, 5) is 17.8. The van der Waals surface area contributed by atoms with Gasteiger partial charge in [-0.15, -0.1) is 23.1 Å². The number of nitrogens with one attached hydrogen (secondary N) is 1. The molecule has 4 rings (SSSR count). The molecule has 160 valence electrons. The van der Waals surface area contributed by atoms with Crippen LogP contribution < -0.4 is 10.4 Å². The second kappa shape index (κ2) is 8.33. The number of aryl methyl sites for hydroxylation is 2. The van der Waals surface area contributed by atoms with Gasteiger partial charge >= 0.3 is 5.69 Å². The van der Waals surface area contributed by atoms with Crippen LogP contribution in [0.1, 0.15) is 22.6 Å². The molecule has 0 bridgehead atoms. The quantitative estimate of drug-likeness (QED) is 0.560. The van der Waals surface area contributed by atoms with Crippen molar-refractivity contribution in [2.75, 3.05) is 23.7 Å². The standard InChI is InChI=1S/C20H23N3O4S3/c1-12-4-6-16(7-5-12)30(25,26)22-18-17-19(28-11-15-8-9-27-10-15)29-14(3)13(2)23(17)20(24)21-18/h4-7,15H,8-11H2,1-3H3,(H,21,22,24). The smallest absolute Gasteiger partial charge is 0.354 e. The van der Waals surface area contributed by atoms with Gasteiger partial charge < -0.3 is 4.74 Å². The Labute approximate surface area is 183 Å². The zero-order valence-electron chi connectivity index (χ0n) is 17.0. The van der Waals surface area contributed by atoms with Gasteiger partial charge in [-0.2, -0.15) is 4.98 Å². The number of ether oxygens (including phenoxy) is 1. The van der Waals surface area contributed by atoms with E-state index in [9.17, 15) is 13.2 Å². The minimum absolute atomic E-state index is 0.0742. The first kappa shape index (κ1) is 21.4. The first-order valence-corrected chi connectivity index (χ1v) is 12.9. The molecule has 1 atom stereocenters. The van der Waals surface area contributed by atoms with Crippen molar-refractivity contribution < 1.29 is 13.2 Å². The summed E-state index contributed by atoms with van der Waals surface area (Å²) in [5.74, 6) is 1.37. The molecule has 0 aliphatic carbocycles. The Bertz CT molecular complexity index is 1190. The highest BCUT2D eigenvalue weighted by Crippen LogP contribution is 2.39. The van der Waals surface area contributed by atoms with E-state index in [1.807, 2.05) is 20.8 Å². The summed E-state index contributed by atoms with van der Waals surface area (Å²) >= 11 is 3.18. The number of imidazole rings is 1. The SMILES string of the molecule is Cc1ccc(S(=O)(=O)Nc2nc(=O)n3c(C)c(C)sc(SCC4CCOC4)c2-3)cc1. The number of anilines is 1. The van der Waals surface area contributed by atoms with Gasteiger partial charge in [0.2, 0.25) is 0 Å². The highest BCUT2D eigenvalue weighted by Gasteiger charge is 2.27. The number of rotatable bonds is 6. The zero-order chi connectivity index (χ0) is 21.5. The molecule has 1 aromatic carbocycles. The molecule has 0 amide bonds. The van der Waals surface area contributed by atoms with Crippen molar-refractivity contribution in [3.63, 3.8) is 0 Å². The fraction of sp³-hybridized carbons (Fsp3) is 0.400. The van der Waals surface area contributed by atoms with Gasteiger partial charge in [-0.05, 0) is 45.2 Å². The largest absolute Gasteiger partial charge is 0.381 e. The Balaban J connectivity index is 1.74. The summed E-state index contributed by atoms with van der Waals surface area (Å²) in [6, 6.07) is 6.56. The Kier molecular flexibility index (Phi) is 5.93. The maximum atomic E-state index is 12.9. The molecule has 1 N–H and O–H groups in total. The third kappa shape index (κ3) is 4.14. The molecular formula is C20H23N3O4S3. The lowest BCUT2D eigenvalue weighted by atomic mass is 10.2. The molecule has 0 radical (unpaired) electrons. The summed E-state index contributed by atoms with van der Waals surface area (Å²) in [6.07, 6.45) is 1.01. The third-order valence-electron chi connectivity index (χ3n) is 5.17. The normalized spacial score (nSPS) is 17.0. The van der Waals surface area contributed by atoms with E-state index in [0.29, 0.717) is 11.6 Å². The Hall–Kier alpha value is -1.88. The molecule has 3 heterocycles. The molecule has 7 nitrogen and oxygen atoms in total. The minimum Gasteiger partial charge on any atom is -0.381 e. The highest BCUT2D eigenvalue weighted by molar-refractivity contribution is 8.01. The molecule has 30 heavy (non-hydrogen) atoms. The van der Waals surface area contributed by atoms with Crippen LogP contribution in [0.4, 0.5) is 5.82 Å². The summed E-state index contributed by atoms with van der Waals surface area (Å²) in [7, 11) is -3.87. The molecular weight excluding hydrogens is 442 g/mol. The molecule has 3 aliphatic heterocycles. The van der Waals surface area contributed by atoms with Gasteiger partial charge in [-0.1, -0.05) is 17.7 Å². The van der Waals surface area contributed by atoms with Crippen LogP contribution in [0.2, 0.25) is 0 Å².